The molecule has 0 saturated heterocycles. The lowest BCUT2D eigenvalue weighted by molar-refractivity contribution is -0.138. The van der Waals surface area contributed by atoms with Crippen molar-refractivity contribution in [1.29, 1.82) is 0 Å². The third kappa shape index (κ3) is 3.09. The molecule has 146 valence electrons. The molecule has 0 atom stereocenters. The van der Waals surface area contributed by atoms with E-state index in [0.717, 1.165) is 23.8 Å². The Morgan fingerprint density at radius 2 is 2.07 bits per heavy atom. The molecule has 0 fully saturated rings. The van der Waals surface area contributed by atoms with Crippen LogP contribution in [0.1, 0.15) is 38.6 Å². The van der Waals surface area contributed by atoms with Crippen LogP contribution in [0.2, 0.25) is 0 Å². The van der Waals surface area contributed by atoms with E-state index in [2.05, 4.69) is 4.98 Å². The predicted octanol–water partition coefficient (Wildman–Crippen LogP) is 4.09. The van der Waals surface area contributed by atoms with Crippen molar-refractivity contribution in [2.24, 2.45) is 0 Å². The molecule has 0 bridgehead atoms. The summed E-state index contributed by atoms with van der Waals surface area (Å²) in [6.07, 6.45) is -2.97. The van der Waals surface area contributed by atoms with E-state index in [0.29, 0.717) is 34.6 Å². The molecule has 0 unspecified atom stereocenters. The summed E-state index contributed by atoms with van der Waals surface area (Å²) in [5, 5.41) is 0.373. The monoisotopic (exact) mass is 408 g/mol. The van der Waals surface area contributed by atoms with E-state index in [4.69, 9.17) is 4.74 Å². The Kier molecular flexibility index (Phi) is 4.49. The van der Waals surface area contributed by atoms with Crippen LogP contribution < -0.4 is 5.56 Å². The zero-order valence-electron chi connectivity index (χ0n) is 14.8. The van der Waals surface area contributed by atoms with E-state index in [1.54, 1.807) is 11.5 Å². The topological polar surface area (TPSA) is 61.2 Å². The van der Waals surface area contributed by atoms with Crippen LogP contribution in [-0.2, 0) is 30.5 Å². The number of esters is 1. The molecule has 28 heavy (non-hydrogen) atoms. The van der Waals surface area contributed by atoms with Crippen LogP contribution in [0.5, 0.6) is 0 Å². The Morgan fingerprint density at radius 3 is 2.82 bits per heavy atom. The van der Waals surface area contributed by atoms with Gasteiger partial charge in [0.25, 0.3) is 5.56 Å². The number of alkyl halides is 3. The molecule has 5 nitrogen and oxygen atoms in total. The minimum absolute atomic E-state index is 0.126. The summed E-state index contributed by atoms with van der Waals surface area (Å²) >= 11 is 1.04. The van der Waals surface area contributed by atoms with E-state index in [1.165, 1.54) is 18.2 Å². The molecular weight excluding hydrogens is 393 g/mol. The number of hydrogen-bond donors (Lipinski definition) is 0. The predicted molar refractivity (Wildman–Crippen MR) is 97.5 cm³/mol. The lowest BCUT2D eigenvalue weighted by Gasteiger charge is -2.12. The maximum Gasteiger partial charge on any atom is 0.416 e. The first-order chi connectivity index (χ1) is 13.3. The maximum atomic E-state index is 13.1. The Labute approximate surface area is 161 Å². The van der Waals surface area contributed by atoms with Gasteiger partial charge >= 0.3 is 12.1 Å². The molecule has 3 aromatic rings. The highest BCUT2D eigenvalue weighted by Crippen LogP contribution is 2.33. The first kappa shape index (κ1) is 18.7. The van der Waals surface area contributed by atoms with E-state index >= 15 is 0 Å². The maximum absolute atomic E-state index is 13.1. The number of rotatable bonds is 3. The van der Waals surface area contributed by atoms with Gasteiger partial charge in [-0.25, -0.2) is 9.78 Å². The first-order valence-corrected chi connectivity index (χ1v) is 9.44. The largest absolute Gasteiger partial charge is 0.457 e. The fourth-order valence-corrected chi connectivity index (χ4v) is 4.49. The number of aromatic nitrogens is 2. The zero-order chi connectivity index (χ0) is 20.1. The lowest BCUT2D eigenvalue weighted by atomic mass is 10.1. The zero-order valence-corrected chi connectivity index (χ0v) is 15.6. The fraction of sp³-hybridized carbons (Fsp3) is 0.316. The van der Waals surface area contributed by atoms with Crippen molar-refractivity contribution in [3.05, 3.63) is 62.0 Å². The number of benzene rings is 1. The van der Waals surface area contributed by atoms with Crippen LogP contribution in [0.25, 0.3) is 10.2 Å². The van der Waals surface area contributed by atoms with Crippen LogP contribution in [0.3, 0.4) is 0 Å². The lowest BCUT2D eigenvalue weighted by Crippen LogP contribution is -2.20. The minimum atomic E-state index is -4.53. The van der Waals surface area contributed by atoms with Gasteiger partial charge in [-0.05, 0) is 25.0 Å². The second kappa shape index (κ2) is 6.73. The van der Waals surface area contributed by atoms with E-state index < -0.39 is 24.3 Å². The summed E-state index contributed by atoms with van der Waals surface area (Å²) in [4.78, 5) is 30.3. The van der Waals surface area contributed by atoms with Crippen molar-refractivity contribution >= 4 is 27.5 Å². The number of carbonyl (C=O) groups excluding carboxylic acids is 1. The second-order valence-electron chi connectivity index (χ2n) is 6.56. The Balaban J connectivity index is 1.64. The molecular formula is C19H15F3N2O3S. The van der Waals surface area contributed by atoms with Gasteiger partial charge in [0, 0.05) is 18.5 Å². The van der Waals surface area contributed by atoms with Gasteiger partial charge in [-0.2, -0.15) is 13.2 Å². The summed E-state index contributed by atoms with van der Waals surface area (Å²) in [7, 11) is 0. The number of fused-ring (bicyclic) bond motifs is 2. The van der Waals surface area contributed by atoms with Gasteiger partial charge in [0.2, 0.25) is 0 Å². The third-order valence-corrected chi connectivity index (χ3v) is 5.94. The minimum Gasteiger partial charge on any atom is -0.457 e. The molecule has 1 aliphatic heterocycles. The molecule has 0 amide bonds. The molecule has 2 aromatic heterocycles. The van der Waals surface area contributed by atoms with E-state index in [1.807, 2.05) is 0 Å². The van der Waals surface area contributed by atoms with Crippen molar-refractivity contribution in [3.8, 4) is 0 Å². The van der Waals surface area contributed by atoms with Gasteiger partial charge in [-0.1, -0.05) is 18.2 Å². The van der Waals surface area contributed by atoms with Crippen LogP contribution in [0.4, 0.5) is 13.2 Å². The van der Waals surface area contributed by atoms with Crippen molar-refractivity contribution in [3.63, 3.8) is 0 Å². The third-order valence-electron chi connectivity index (χ3n) is 4.78. The van der Waals surface area contributed by atoms with E-state index in [9.17, 15) is 22.8 Å². The molecule has 0 spiro atoms. The van der Waals surface area contributed by atoms with Crippen molar-refractivity contribution in [1.82, 2.24) is 9.55 Å². The van der Waals surface area contributed by atoms with Crippen LogP contribution in [-0.4, -0.2) is 15.5 Å². The normalized spacial score (nSPS) is 13.7. The number of ether oxygens (including phenoxy) is 1. The Bertz CT molecular complexity index is 1150. The average Bonchev–Trinajstić information content (AvgIpc) is 3.24. The smallest absolute Gasteiger partial charge is 0.416 e. The second-order valence-corrected chi connectivity index (χ2v) is 7.55. The molecule has 0 radical (unpaired) electrons. The number of aryl methyl sites for hydroxylation is 2. The summed E-state index contributed by atoms with van der Waals surface area (Å²) in [5.74, 6) is -0.0696. The molecule has 1 aliphatic rings. The summed E-state index contributed by atoms with van der Waals surface area (Å²) in [5.41, 5.74) is -0.701. The van der Waals surface area contributed by atoms with E-state index in [-0.39, 0.29) is 16.0 Å². The summed E-state index contributed by atoms with van der Waals surface area (Å²) in [6.45, 7) is 1.72. The highest BCUT2D eigenvalue weighted by atomic mass is 32.1. The summed E-state index contributed by atoms with van der Waals surface area (Å²) < 4.78 is 46.0. The highest BCUT2D eigenvalue weighted by molar-refractivity contribution is 7.20. The molecule has 3 heterocycles. The summed E-state index contributed by atoms with van der Waals surface area (Å²) in [6, 6.07) is 4.95. The van der Waals surface area contributed by atoms with Gasteiger partial charge < -0.3 is 4.74 Å². The standard InChI is InChI=1S/C19H15F3N2O3S/c1-10-14-16(23-13-7-4-8-24(13)17(14)25)28-15(10)18(26)27-9-11-5-2-3-6-12(11)19(20,21)22/h2-3,5-6H,4,7-9H2,1H3. The fourth-order valence-electron chi connectivity index (χ4n) is 3.40. The van der Waals surface area contributed by atoms with Gasteiger partial charge in [-0.3, -0.25) is 9.36 Å². The number of carbonyl (C=O) groups is 1. The van der Waals surface area contributed by atoms with Crippen LogP contribution >= 0.6 is 11.3 Å². The number of nitrogens with zero attached hydrogens (tertiary/aromatic N) is 2. The Hall–Kier alpha value is -2.68. The number of halogens is 3. The highest BCUT2D eigenvalue weighted by Gasteiger charge is 2.33. The SMILES string of the molecule is Cc1c(C(=O)OCc2ccccc2C(F)(F)F)sc2nc3n(c(=O)c12)CCC3. The molecule has 0 saturated carbocycles. The van der Waals surface area contributed by atoms with Crippen molar-refractivity contribution in [2.75, 3.05) is 0 Å². The molecule has 4 rings (SSSR count). The molecule has 9 heteroatoms. The van der Waals surface area contributed by atoms with Crippen molar-refractivity contribution < 1.29 is 22.7 Å². The van der Waals surface area contributed by atoms with Crippen LogP contribution in [0.15, 0.2) is 29.1 Å². The van der Waals surface area contributed by atoms with Gasteiger partial charge in [0.05, 0.1) is 10.9 Å². The number of thiophene rings is 1. The first-order valence-electron chi connectivity index (χ1n) is 8.62. The van der Waals surface area contributed by atoms with Crippen LogP contribution in [0, 0.1) is 6.92 Å². The van der Waals surface area contributed by atoms with Gasteiger partial charge in [0.1, 0.15) is 22.1 Å². The molecule has 1 aromatic carbocycles. The van der Waals surface area contributed by atoms with Crippen molar-refractivity contribution in [2.45, 2.75) is 39.1 Å². The average molecular weight is 408 g/mol. The molecule has 0 aliphatic carbocycles. The van der Waals surface area contributed by atoms with Gasteiger partial charge in [0.15, 0.2) is 0 Å². The Morgan fingerprint density at radius 1 is 1.32 bits per heavy atom. The quantitative estimate of drug-likeness (QED) is 0.613. The van der Waals surface area contributed by atoms with Gasteiger partial charge in [-0.15, -0.1) is 11.3 Å². The number of hydrogen-bond acceptors (Lipinski definition) is 5. The molecule has 0 N–H and O–H groups in total.